The molecule has 3 rings (SSSR count). The monoisotopic (exact) mass is 449 g/mol. The van der Waals surface area contributed by atoms with Gasteiger partial charge in [0.15, 0.2) is 5.78 Å². The van der Waals surface area contributed by atoms with Crippen LogP contribution in [0.4, 0.5) is 17.6 Å². The van der Waals surface area contributed by atoms with E-state index in [4.69, 9.17) is 11.6 Å². The molecule has 3 nitrogen and oxygen atoms in total. The maximum atomic E-state index is 13.2. The highest BCUT2D eigenvalue weighted by Crippen LogP contribution is 2.29. The van der Waals surface area contributed by atoms with E-state index in [-0.39, 0.29) is 17.5 Å². The van der Waals surface area contributed by atoms with Gasteiger partial charge in [-0.05, 0) is 66.2 Å². The first kappa shape index (κ1) is 22.5. The van der Waals surface area contributed by atoms with Gasteiger partial charge in [-0.15, -0.1) is 0 Å². The average molecular weight is 450 g/mol. The molecule has 0 heterocycles. The SMILES string of the molecule is O=C(NC(Cc1ccc(C(F)(F)F)cc1)C(=O)c1ccc(F)cc1)c1ccc(Cl)cc1. The van der Waals surface area contributed by atoms with Crippen molar-refractivity contribution in [2.24, 2.45) is 0 Å². The van der Waals surface area contributed by atoms with Gasteiger partial charge in [-0.2, -0.15) is 13.2 Å². The molecule has 0 aromatic heterocycles. The molecule has 0 spiro atoms. The number of carbonyl (C=O) groups is 2. The van der Waals surface area contributed by atoms with Crippen LogP contribution in [0.25, 0.3) is 0 Å². The first-order valence-electron chi connectivity index (χ1n) is 9.16. The Morgan fingerprint density at radius 1 is 0.839 bits per heavy atom. The molecule has 3 aromatic rings. The zero-order valence-electron chi connectivity index (χ0n) is 15.9. The van der Waals surface area contributed by atoms with Crippen LogP contribution in [0.15, 0.2) is 72.8 Å². The summed E-state index contributed by atoms with van der Waals surface area (Å²) in [4.78, 5) is 25.6. The largest absolute Gasteiger partial charge is 0.416 e. The molecular formula is C23H16ClF4NO2. The molecule has 160 valence electrons. The third kappa shape index (κ3) is 5.92. The minimum Gasteiger partial charge on any atom is -0.342 e. The minimum atomic E-state index is -4.48. The predicted molar refractivity (Wildman–Crippen MR) is 109 cm³/mol. The van der Waals surface area contributed by atoms with Crippen molar-refractivity contribution in [3.63, 3.8) is 0 Å². The topological polar surface area (TPSA) is 46.2 Å². The first-order valence-corrected chi connectivity index (χ1v) is 9.53. The van der Waals surface area contributed by atoms with Gasteiger partial charge in [-0.3, -0.25) is 9.59 Å². The number of alkyl halides is 3. The summed E-state index contributed by atoms with van der Waals surface area (Å²) in [5.41, 5.74) is 0.0242. The lowest BCUT2D eigenvalue weighted by Crippen LogP contribution is -2.42. The zero-order valence-corrected chi connectivity index (χ0v) is 16.7. The Balaban J connectivity index is 1.86. The Morgan fingerprint density at radius 3 is 1.94 bits per heavy atom. The van der Waals surface area contributed by atoms with Crippen molar-refractivity contribution in [3.8, 4) is 0 Å². The molecule has 0 radical (unpaired) electrons. The number of hydrogen-bond donors (Lipinski definition) is 1. The molecular weight excluding hydrogens is 434 g/mol. The van der Waals surface area contributed by atoms with Crippen LogP contribution in [0.2, 0.25) is 5.02 Å². The van der Waals surface area contributed by atoms with Crippen molar-refractivity contribution < 1.29 is 27.2 Å². The lowest BCUT2D eigenvalue weighted by Gasteiger charge is -2.19. The number of hydrogen-bond acceptors (Lipinski definition) is 2. The molecule has 3 aromatic carbocycles. The standard InChI is InChI=1S/C23H16ClF4NO2/c24-18-9-3-16(4-10-18)22(31)29-20(21(30)15-5-11-19(25)12-6-15)13-14-1-7-17(8-2-14)23(26,27)28/h1-12,20H,13H2,(H,29,31). The molecule has 8 heteroatoms. The van der Waals surface area contributed by atoms with Gasteiger partial charge in [0.1, 0.15) is 5.82 Å². The normalized spacial score (nSPS) is 12.3. The van der Waals surface area contributed by atoms with Crippen LogP contribution < -0.4 is 5.32 Å². The Hall–Kier alpha value is -3.19. The maximum absolute atomic E-state index is 13.2. The van der Waals surface area contributed by atoms with E-state index < -0.39 is 35.3 Å². The number of carbonyl (C=O) groups excluding carboxylic acids is 2. The van der Waals surface area contributed by atoms with E-state index in [0.29, 0.717) is 10.6 Å². The number of Topliss-reactive ketones (excluding diaryl/α,β-unsaturated/α-hetero) is 1. The van der Waals surface area contributed by atoms with Crippen LogP contribution in [0.3, 0.4) is 0 Å². The molecule has 0 bridgehead atoms. The van der Waals surface area contributed by atoms with E-state index in [2.05, 4.69) is 5.32 Å². The van der Waals surface area contributed by atoms with Gasteiger partial charge >= 0.3 is 6.18 Å². The highest BCUT2D eigenvalue weighted by atomic mass is 35.5. The molecule has 0 fully saturated rings. The van der Waals surface area contributed by atoms with Gasteiger partial charge in [-0.1, -0.05) is 23.7 Å². The summed E-state index contributed by atoms with van der Waals surface area (Å²) in [7, 11) is 0. The number of rotatable bonds is 6. The lowest BCUT2D eigenvalue weighted by atomic mass is 9.96. The number of halogens is 5. The molecule has 0 aliphatic rings. The van der Waals surface area contributed by atoms with Gasteiger partial charge in [0.05, 0.1) is 11.6 Å². The highest BCUT2D eigenvalue weighted by molar-refractivity contribution is 6.30. The van der Waals surface area contributed by atoms with Crippen molar-refractivity contribution >= 4 is 23.3 Å². The molecule has 0 saturated heterocycles. The van der Waals surface area contributed by atoms with Crippen molar-refractivity contribution in [1.82, 2.24) is 5.32 Å². The fourth-order valence-electron chi connectivity index (χ4n) is 2.93. The van der Waals surface area contributed by atoms with Crippen molar-refractivity contribution in [2.75, 3.05) is 0 Å². The molecule has 1 unspecified atom stereocenters. The number of amides is 1. The van der Waals surface area contributed by atoms with E-state index in [1.807, 2.05) is 0 Å². The second kappa shape index (κ2) is 9.31. The second-order valence-electron chi connectivity index (χ2n) is 6.80. The van der Waals surface area contributed by atoms with Crippen LogP contribution >= 0.6 is 11.6 Å². The number of ketones is 1. The van der Waals surface area contributed by atoms with Crippen LogP contribution in [-0.2, 0) is 12.6 Å². The predicted octanol–water partition coefficient (Wildman–Crippen LogP) is 5.72. The quantitative estimate of drug-likeness (QED) is 0.386. The van der Waals surface area contributed by atoms with Gasteiger partial charge in [0.25, 0.3) is 5.91 Å². The summed E-state index contributed by atoms with van der Waals surface area (Å²) in [6, 6.07) is 14.0. The smallest absolute Gasteiger partial charge is 0.342 e. The van der Waals surface area contributed by atoms with Crippen molar-refractivity contribution in [2.45, 2.75) is 18.6 Å². The Bertz CT molecular complexity index is 1060. The highest BCUT2D eigenvalue weighted by Gasteiger charge is 2.30. The van der Waals surface area contributed by atoms with Crippen LogP contribution in [0, 0.1) is 5.82 Å². The van der Waals surface area contributed by atoms with Crippen molar-refractivity contribution in [3.05, 3.63) is 106 Å². The molecule has 31 heavy (non-hydrogen) atoms. The minimum absolute atomic E-state index is 0.0479. The molecule has 0 aliphatic carbocycles. The Morgan fingerprint density at radius 2 is 1.39 bits per heavy atom. The van der Waals surface area contributed by atoms with Crippen LogP contribution in [-0.4, -0.2) is 17.7 Å². The molecule has 1 N–H and O–H groups in total. The summed E-state index contributed by atoms with van der Waals surface area (Å²) < 4.78 is 51.6. The third-order valence-corrected chi connectivity index (χ3v) is 4.83. The van der Waals surface area contributed by atoms with Crippen LogP contribution in [0.5, 0.6) is 0 Å². The summed E-state index contributed by atoms with van der Waals surface area (Å²) >= 11 is 5.82. The second-order valence-corrected chi connectivity index (χ2v) is 7.24. The first-order chi connectivity index (χ1) is 14.6. The molecule has 0 saturated carbocycles. The van der Waals surface area contributed by atoms with Gasteiger partial charge < -0.3 is 5.32 Å². The Labute approximate surface area is 180 Å². The average Bonchev–Trinajstić information content (AvgIpc) is 2.73. The zero-order chi connectivity index (χ0) is 22.6. The fourth-order valence-corrected chi connectivity index (χ4v) is 3.06. The number of benzene rings is 3. The van der Waals surface area contributed by atoms with Gasteiger partial charge in [0, 0.05) is 22.6 Å². The van der Waals surface area contributed by atoms with Crippen molar-refractivity contribution in [1.29, 1.82) is 0 Å². The van der Waals surface area contributed by atoms with Crippen LogP contribution in [0.1, 0.15) is 31.8 Å². The van der Waals surface area contributed by atoms with Gasteiger partial charge in [0.2, 0.25) is 0 Å². The summed E-state index contributed by atoms with van der Waals surface area (Å²) in [5.74, 6) is -1.58. The molecule has 1 amide bonds. The van der Waals surface area contributed by atoms with E-state index in [0.717, 1.165) is 24.3 Å². The molecule has 1 atom stereocenters. The summed E-state index contributed by atoms with van der Waals surface area (Å²) in [6.45, 7) is 0. The molecule has 0 aliphatic heterocycles. The Kier molecular flexibility index (Phi) is 6.75. The van der Waals surface area contributed by atoms with E-state index in [1.165, 1.54) is 48.5 Å². The van der Waals surface area contributed by atoms with E-state index in [9.17, 15) is 27.2 Å². The lowest BCUT2D eigenvalue weighted by molar-refractivity contribution is -0.137. The van der Waals surface area contributed by atoms with Gasteiger partial charge in [-0.25, -0.2) is 4.39 Å². The number of nitrogens with one attached hydrogen (secondary N) is 1. The van der Waals surface area contributed by atoms with E-state index >= 15 is 0 Å². The fraction of sp³-hybridized carbons (Fsp3) is 0.130. The maximum Gasteiger partial charge on any atom is 0.416 e. The third-order valence-electron chi connectivity index (χ3n) is 4.58. The van der Waals surface area contributed by atoms with E-state index in [1.54, 1.807) is 0 Å². The summed E-state index contributed by atoms with van der Waals surface area (Å²) in [6.07, 6.45) is -4.53. The summed E-state index contributed by atoms with van der Waals surface area (Å²) in [5, 5.41) is 3.04.